The average molecular weight is 269 g/mol. The second-order valence-electron chi connectivity index (χ2n) is 3.75. The Kier molecular flexibility index (Phi) is 11.5. The van der Waals surface area contributed by atoms with E-state index in [1.54, 1.807) is 0 Å². The van der Waals surface area contributed by atoms with Gasteiger partial charge in [0.15, 0.2) is 0 Å². The molecule has 0 rings (SSSR count). The molecular weight excluding hydrogens is 246 g/mol. The van der Waals surface area contributed by atoms with E-state index in [9.17, 15) is 13.2 Å². The maximum Gasteiger partial charge on any atom is 0.448 e. The van der Waals surface area contributed by atoms with Crippen LogP contribution in [0.4, 0.5) is 0 Å². The first-order valence-electron chi connectivity index (χ1n) is 5.65. The van der Waals surface area contributed by atoms with Crippen LogP contribution in [0, 0.1) is 0 Å². The number of carbonyl (C=O) groups is 1. The van der Waals surface area contributed by atoms with Crippen molar-refractivity contribution in [2.75, 3.05) is 0 Å². The minimum Gasteiger partial charge on any atom is -0.344 e. The standard InChI is InChI=1S/C10H20O5S.H3N/c1-2-3-4-5-6-7-8-9-10(11)15-16(12,13)14;/h2-9H2,1H3,(H,12,13,14);1H3. The van der Waals surface area contributed by atoms with Gasteiger partial charge < -0.3 is 10.3 Å². The summed E-state index contributed by atoms with van der Waals surface area (Å²) in [6, 6.07) is 0. The maximum absolute atomic E-state index is 10.8. The predicted octanol–water partition coefficient (Wildman–Crippen LogP) is 2.64. The Balaban J connectivity index is 0. The van der Waals surface area contributed by atoms with Crippen molar-refractivity contribution in [2.24, 2.45) is 0 Å². The third-order valence-corrected chi connectivity index (χ3v) is 2.58. The summed E-state index contributed by atoms with van der Waals surface area (Å²) in [5.41, 5.74) is 0. The van der Waals surface area contributed by atoms with Gasteiger partial charge in [-0.25, -0.2) is 0 Å². The second kappa shape index (κ2) is 10.5. The Morgan fingerprint density at radius 1 is 1.06 bits per heavy atom. The monoisotopic (exact) mass is 269 g/mol. The van der Waals surface area contributed by atoms with Crippen molar-refractivity contribution in [1.82, 2.24) is 6.15 Å². The molecule has 0 heterocycles. The van der Waals surface area contributed by atoms with E-state index in [1.165, 1.54) is 19.3 Å². The molecule has 0 atom stereocenters. The van der Waals surface area contributed by atoms with Crippen LogP contribution in [0.15, 0.2) is 0 Å². The third kappa shape index (κ3) is 15.3. The zero-order valence-corrected chi connectivity index (χ0v) is 11.2. The Morgan fingerprint density at radius 3 is 2.00 bits per heavy atom. The van der Waals surface area contributed by atoms with Crippen molar-refractivity contribution >= 4 is 16.4 Å². The van der Waals surface area contributed by atoms with Crippen LogP contribution in [0.1, 0.15) is 58.3 Å². The Labute approximate surface area is 103 Å². The summed E-state index contributed by atoms with van der Waals surface area (Å²) in [5.74, 6) is -0.893. The fourth-order valence-electron chi connectivity index (χ4n) is 1.39. The van der Waals surface area contributed by atoms with E-state index in [2.05, 4.69) is 11.1 Å². The molecule has 17 heavy (non-hydrogen) atoms. The third-order valence-electron chi connectivity index (χ3n) is 2.18. The number of hydrogen-bond acceptors (Lipinski definition) is 5. The molecule has 0 bridgehead atoms. The molecule has 7 heteroatoms. The molecule has 0 aliphatic carbocycles. The van der Waals surface area contributed by atoms with Crippen molar-refractivity contribution in [2.45, 2.75) is 58.3 Å². The highest BCUT2D eigenvalue weighted by Gasteiger charge is 2.11. The fourth-order valence-corrected chi connectivity index (χ4v) is 1.70. The molecule has 0 aromatic rings. The van der Waals surface area contributed by atoms with E-state index in [1.807, 2.05) is 0 Å². The van der Waals surface area contributed by atoms with Crippen LogP contribution in [0.25, 0.3) is 0 Å². The minimum atomic E-state index is -4.63. The van der Waals surface area contributed by atoms with Crippen LogP contribution >= 0.6 is 0 Å². The topological polar surface area (TPSA) is 116 Å². The lowest BCUT2D eigenvalue weighted by Crippen LogP contribution is -2.11. The lowest BCUT2D eigenvalue weighted by molar-refractivity contribution is -0.134. The molecule has 0 amide bonds. The van der Waals surface area contributed by atoms with Crippen LogP contribution < -0.4 is 6.15 Å². The van der Waals surface area contributed by atoms with Gasteiger partial charge >= 0.3 is 16.4 Å². The summed E-state index contributed by atoms with van der Waals surface area (Å²) in [6.07, 6.45) is 7.32. The van der Waals surface area contributed by atoms with Crippen molar-refractivity contribution in [3.8, 4) is 0 Å². The van der Waals surface area contributed by atoms with Gasteiger partial charge in [0.2, 0.25) is 0 Å². The van der Waals surface area contributed by atoms with Gasteiger partial charge in [0.25, 0.3) is 0 Å². The van der Waals surface area contributed by atoms with Crippen molar-refractivity contribution in [1.29, 1.82) is 0 Å². The number of carbonyl (C=O) groups excluding carboxylic acids is 1. The maximum atomic E-state index is 10.8. The molecule has 0 aromatic heterocycles. The summed E-state index contributed by atoms with van der Waals surface area (Å²) in [5, 5.41) is 0. The lowest BCUT2D eigenvalue weighted by atomic mass is 10.1. The van der Waals surface area contributed by atoms with E-state index in [-0.39, 0.29) is 12.6 Å². The number of rotatable bonds is 9. The summed E-state index contributed by atoms with van der Waals surface area (Å²) in [7, 11) is -4.63. The Hall–Kier alpha value is -0.660. The molecule has 0 aliphatic heterocycles. The molecule has 0 aliphatic rings. The normalized spacial score (nSPS) is 10.7. The average Bonchev–Trinajstić information content (AvgIpc) is 2.13. The molecule has 0 unspecified atom stereocenters. The highest BCUT2D eigenvalue weighted by molar-refractivity contribution is 7.81. The largest absolute Gasteiger partial charge is 0.448 e. The van der Waals surface area contributed by atoms with Crippen LogP contribution in [-0.2, 0) is 19.4 Å². The molecule has 0 saturated heterocycles. The molecule has 4 N–H and O–H groups in total. The number of unbranched alkanes of at least 4 members (excludes halogenated alkanes) is 6. The van der Waals surface area contributed by atoms with Gasteiger partial charge in [-0.3, -0.25) is 9.35 Å². The molecule has 6 nitrogen and oxygen atoms in total. The Bertz CT molecular complexity index is 289. The smallest absolute Gasteiger partial charge is 0.344 e. The highest BCUT2D eigenvalue weighted by Crippen LogP contribution is 2.09. The van der Waals surface area contributed by atoms with Crippen LogP contribution in [0.2, 0.25) is 0 Å². The lowest BCUT2D eigenvalue weighted by Gasteiger charge is -2.01. The first kappa shape index (κ1) is 18.7. The van der Waals surface area contributed by atoms with Gasteiger partial charge in [-0.2, -0.15) is 8.42 Å². The van der Waals surface area contributed by atoms with Gasteiger partial charge in [-0.15, -0.1) is 0 Å². The van der Waals surface area contributed by atoms with Gasteiger partial charge in [0, 0.05) is 6.42 Å². The fraction of sp³-hybridized carbons (Fsp3) is 0.900. The van der Waals surface area contributed by atoms with Crippen LogP contribution in [-0.4, -0.2) is 18.9 Å². The molecule has 0 saturated carbocycles. The summed E-state index contributed by atoms with van der Waals surface area (Å²) >= 11 is 0. The molecule has 0 spiro atoms. The zero-order chi connectivity index (χ0) is 12.4. The quantitative estimate of drug-likeness (QED) is 0.491. The second-order valence-corrected chi connectivity index (χ2v) is 4.78. The van der Waals surface area contributed by atoms with Gasteiger partial charge in [-0.05, 0) is 6.42 Å². The SMILES string of the molecule is CCCCCCCCCC(=O)OS(=O)(=O)O.N. The van der Waals surface area contributed by atoms with E-state index in [0.717, 1.165) is 19.3 Å². The molecule has 104 valence electrons. The van der Waals surface area contributed by atoms with Gasteiger partial charge in [0.1, 0.15) is 0 Å². The predicted molar refractivity (Wildman–Crippen MR) is 65.3 cm³/mol. The molecule has 0 aromatic carbocycles. The van der Waals surface area contributed by atoms with Gasteiger partial charge in [0.05, 0.1) is 0 Å². The van der Waals surface area contributed by atoms with Crippen molar-refractivity contribution < 1.29 is 21.9 Å². The summed E-state index contributed by atoms with van der Waals surface area (Å²) < 4.78 is 32.3. The minimum absolute atomic E-state index is 0. The van der Waals surface area contributed by atoms with E-state index >= 15 is 0 Å². The van der Waals surface area contributed by atoms with Crippen LogP contribution in [0.3, 0.4) is 0 Å². The summed E-state index contributed by atoms with van der Waals surface area (Å²) in [4.78, 5) is 10.8. The first-order chi connectivity index (χ1) is 7.45. The van der Waals surface area contributed by atoms with E-state index in [4.69, 9.17) is 4.55 Å². The summed E-state index contributed by atoms with van der Waals surface area (Å²) in [6.45, 7) is 2.14. The number of hydrogen-bond donors (Lipinski definition) is 2. The van der Waals surface area contributed by atoms with Crippen molar-refractivity contribution in [3.63, 3.8) is 0 Å². The zero-order valence-electron chi connectivity index (χ0n) is 10.4. The van der Waals surface area contributed by atoms with E-state index < -0.39 is 16.4 Å². The highest BCUT2D eigenvalue weighted by atomic mass is 32.3. The first-order valence-corrected chi connectivity index (χ1v) is 7.02. The Morgan fingerprint density at radius 2 is 1.53 bits per heavy atom. The molecular formula is C10H23NO5S. The van der Waals surface area contributed by atoms with Gasteiger partial charge in [-0.1, -0.05) is 45.4 Å². The van der Waals surface area contributed by atoms with Crippen LogP contribution in [0.5, 0.6) is 0 Å². The molecule has 0 radical (unpaired) electrons. The van der Waals surface area contributed by atoms with Crippen molar-refractivity contribution in [3.05, 3.63) is 0 Å². The van der Waals surface area contributed by atoms with E-state index in [0.29, 0.717) is 6.42 Å². The molecule has 0 fully saturated rings.